The van der Waals surface area contributed by atoms with Gasteiger partial charge in [-0.2, -0.15) is 0 Å². The molecule has 5 nitrogen and oxygen atoms in total. The van der Waals surface area contributed by atoms with Crippen LogP contribution >= 0.6 is 23.7 Å². The Labute approximate surface area is 147 Å². The van der Waals surface area contributed by atoms with E-state index in [1.807, 2.05) is 29.8 Å². The fraction of sp³-hybridized carbons (Fsp3) is 0. The minimum atomic E-state index is -0.400. The third-order valence-corrected chi connectivity index (χ3v) is 4.59. The first-order valence-corrected chi connectivity index (χ1v) is 7.87. The Morgan fingerprint density at radius 3 is 2.58 bits per heavy atom. The molecule has 0 aliphatic rings. The number of nitro benzene ring substituents is 1. The van der Waals surface area contributed by atoms with Crippen molar-refractivity contribution in [1.82, 2.24) is 9.97 Å². The van der Waals surface area contributed by atoms with E-state index >= 15 is 0 Å². The van der Waals surface area contributed by atoms with Crippen molar-refractivity contribution in [3.8, 4) is 21.8 Å². The molecule has 24 heavy (non-hydrogen) atoms. The van der Waals surface area contributed by atoms with Crippen molar-refractivity contribution < 1.29 is 4.92 Å². The van der Waals surface area contributed by atoms with E-state index in [1.54, 1.807) is 12.1 Å². The quantitative estimate of drug-likeness (QED) is 0.400. The van der Waals surface area contributed by atoms with Gasteiger partial charge in [-0.05, 0) is 18.2 Å². The molecule has 0 aliphatic heterocycles. The average molecular weight is 358 g/mol. The Balaban J connectivity index is 0.00000169. The highest BCUT2D eigenvalue weighted by Crippen LogP contribution is 2.33. The van der Waals surface area contributed by atoms with Gasteiger partial charge in [0, 0.05) is 45.7 Å². The number of aromatic nitrogens is 2. The zero-order chi connectivity index (χ0) is 15.8. The molecule has 0 spiro atoms. The van der Waals surface area contributed by atoms with Crippen molar-refractivity contribution in [2.75, 3.05) is 0 Å². The summed E-state index contributed by atoms with van der Waals surface area (Å²) in [5.74, 6) is 0. The largest absolute Gasteiger partial charge is 0.360 e. The lowest BCUT2D eigenvalue weighted by atomic mass is 10.1. The zero-order valence-electron chi connectivity index (χ0n) is 12.3. The second-order valence-corrected chi connectivity index (χ2v) is 5.95. The number of benzene rings is 2. The maximum absolute atomic E-state index is 10.7. The van der Waals surface area contributed by atoms with Crippen LogP contribution in [-0.4, -0.2) is 14.9 Å². The molecular weight excluding hydrogens is 346 g/mol. The smallest absolute Gasteiger partial charge is 0.269 e. The van der Waals surface area contributed by atoms with E-state index in [1.165, 1.54) is 23.5 Å². The van der Waals surface area contributed by atoms with Crippen LogP contribution < -0.4 is 0 Å². The minimum absolute atomic E-state index is 0. The van der Waals surface area contributed by atoms with Gasteiger partial charge in [0.15, 0.2) is 0 Å². The molecule has 0 amide bonds. The fourth-order valence-corrected chi connectivity index (χ4v) is 3.37. The van der Waals surface area contributed by atoms with E-state index in [0.717, 1.165) is 32.7 Å². The number of nitro groups is 1. The SMILES string of the molecule is Cl.O=[N+]([O-])c1ccc(-c2nc(-c3c[nH]c4ccccc34)cs2)cc1. The van der Waals surface area contributed by atoms with Crippen molar-refractivity contribution >= 4 is 40.3 Å². The molecular formula is C17H12ClN3O2S. The number of halogens is 1. The van der Waals surface area contributed by atoms with Crippen molar-refractivity contribution in [1.29, 1.82) is 0 Å². The third-order valence-electron chi connectivity index (χ3n) is 3.69. The molecule has 0 radical (unpaired) electrons. The molecule has 2 aromatic carbocycles. The predicted molar refractivity (Wildman–Crippen MR) is 98.7 cm³/mol. The summed E-state index contributed by atoms with van der Waals surface area (Å²) in [7, 11) is 0. The van der Waals surface area contributed by atoms with Gasteiger partial charge in [0.25, 0.3) is 5.69 Å². The number of hydrogen-bond donors (Lipinski definition) is 1. The molecule has 0 aliphatic carbocycles. The zero-order valence-corrected chi connectivity index (χ0v) is 13.9. The first-order chi connectivity index (χ1) is 11.2. The molecule has 120 valence electrons. The Morgan fingerprint density at radius 2 is 1.83 bits per heavy atom. The summed E-state index contributed by atoms with van der Waals surface area (Å²) in [4.78, 5) is 18.2. The van der Waals surface area contributed by atoms with E-state index in [0.29, 0.717) is 0 Å². The number of aromatic amines is 1. The molecule has 7 heteroatoms. The average Bonchev–Trinajstić information content (AvgIpc) is 3.21. The van der Waals surface area contributed by atoms with Gasteiger partial charge in [0.2, 0.25) is 0 Å². The summed E-state index contributed by atoms with van der Waals surface area (Å²) >= 11 is 1.53. The highest BCUT2D eigenvalue weighted by atomic mass is 35.5. The number of thiazole rings is 1. The molecule has 0 fully saturated rings. The number of para-hydroxylation sites is 1. The molecule has 4 rings (SSSR count). The van der Waals surface area contributed by atoms with Crippen molar-refractivity contribution in [3.63, 3.8) is 0 Å². The lowest BCUT2D eigenvalue weighted by Gasteiger charge is -1.96. The molecule has 4 aromatic rings. The highest BCUT2D eigenvalue weighted by molar-refractivity contribution is 7.13. The molecule has 2 aromatic heterocycles. The van der Waals surface area contributed by atoms with Gasteiger partial charge in [0.05, 0.1) is 10.6 Å². The summed E-state index contributed by atoms with van der Waals surface area (Å²) in [5, 5.41) is 14.7. The van der Waals surface area contributed by atoms with Crippen molar-refractivity contribution in [2.45, 2.75) is 0 Å². The summed E-state index contributed by atoms with van der Waals surface area (Å²) < 4.78 is 0. The van der Waals surface area contributed by atoms with Gasteiger partial charge in [0.1, 0.15) is 5.01 Å². The topological polar surface area (TPSA) is 71.8 Å². The number of hydrogen-bond acceptors (Lipinski definition) is 4. The Hall–Kier alpha value is -2.70. The van der Waals surface area contributed by atoms with Gasteiger partial charge in [-0.15, -0.1) is 23.7 Å². The van der Waals surface area contributed by atoms with Crippen LogP contribution in [0.2, 0.25) is 0 Å². The molecule has 0 unspecified atom stereocenters. The van der Waals surface area contributed by atoms with E-state index in [2.05, 4.69) is 16.0 Å². The first-order valence-electron chi connectivity index (χ1n) is 6.99. The van der Waals surface area contributed by atoms with Crippen LogP contribution in [0.1, 0.15) is 0 Å². The van der Waals surface area contributed by atoms with Gasteiger partial charge >= 0.3 is 0 Å². The number of nitrogens with zero attached hydrogens (tertiary/aromatic N) is 2. The first kappa shape index (κ1) is 16.2. The van der Waals surface area contributed by atoms with Crippen LogP contribution in [0.25, 0.3) is 32.7 Å². The fourth-order valence-electron chi connectivity index (χ4n) is 2.54. The Kier molecular flexibility index (Phi) is 4.33. The maximum atomic E-state index is 10.7. The lowest BCUT2D eigenvalue weighted by Crippen LogP contribution is -1.87. The second kappa shape index (κ2) is 6.43. The molecule has 0 saturated heterocycles. The summed E-state index contributed by atoms with van der Waals surface area (Å²) in [6, 6.07) is 14.6. The second-order valence-electron chi connectivity index (χ2n) is 5.09. The summed E-state index contributed by atoms with van der Waals surface area (Å²) in [6.45, 7) is 0. The monoisotopic (exact) mass is 357 g/mol. The number of fused-ring (bicyclic) bond motifs is 1. The van der Waals surface area contributed by atoms with Gasteiger partial charge in [-0.1, -0.05) is 18.2 Å². The Bertz CT molecular complexity index is 1010. The Morgan fingerprint density at radius 1 is 1.08 bits per heavy atom. The van der Waals surface area contributed by atoms with Gasteiger partial charge < -0.3 is 4.98 Å². The maximum Gasteiger partial charge on any atom is 0.269 e. The molecule has 1 N–H and O–H groups in total. The van der Waals surface area contributed by atoms with Crippen LogP contribution in [0.3, 0.4) is 0 Å². The van der Waals surface area contributed by atoms with Crippen LogP contribution in [0.15, 0.2) is 60.1 Å². The third kappa shape index (κ3) is 2.77. The summed E-state index contributed by atoms with van der Waals surface area (Å²) in [5.41, 5.74) is 4.01. The number of H-pyrrole nitrogens is 1. The summed E-state index contributed by atoms with van der Waals surface area (Å²) in [6.07, 6.45) is 1.96. The van der Waals surface area contributed by atoms with Crippen LogP contribution in [0, 0.1) is 10.1 Å². The van der Waals surface area contributed by atoms with E-state index in [9.17, 15) is 10.1 Å². The van der Waals surface area contributed by atoms with Crippen molar-refractivity contribution in [2.24, 2.45) is 0 Å². The van der Waals surface area contributed by atoms with Crippen LogP contribution in [-0.2, 0) is 0 Å². The van der Waals surface area contributed by atoms with Crippen molar-refractivity contribution in [3.05, 3.63) is 70.2 Å². The standard InChI is InChI=1S/C17H11N3O2S.ClH/c21-20(22)12-7-5-11(6-8-12)17-19-16(10-23-17)14-9-18-15-4-2-1-3-13(14)15;/h1-10,18H;1H. The lowest BCUT2D eigenvalue weighted by molar-refractivity contribution is -0.384. The van der Waals surface area contributed by atoms with E-state index < -0.39 is 4.92 Å². The van der Waals surface area contributed by atoms with E-state index in [-0.39, 0.29) is 18.1 Å². The number of rotatable bonds is 3. The van der Waals surface area contributed by atoms with Gasteiger partial charge in [-0.3, -0.25) is 10.1 Å². The predicted octanol–water partition coefficient (Wildman–Crippen LogP) is 5.29. The molecule has 2 heterocycles. The van der Waals surface area contributed by atoms with Crippen LogP contribution in [0.4, 0.5) is 5.69 Å². The molecule has 0 bridgehead atoms. The van der Waals surface area contributed by atoms with Gasteiger partial charge in [-0.25, -0.2) is 4.98 Å². The number of nitrogens with one attached hydrogen (secondary N) is 1. The van der Waals surface area contributed by atoms with E-state index in [4.69, 9.17) is 0 Å². The molecule has 0 saturated carbocycles. The van der Waals surface area contributed by atoms with Crippen LogP contribution in [0.5, 0.6) is 0 Å². The highest BCUT2D eigenvalue weighted by Gasteiger charge is 2.12. The number of non-ortho nitro benzene ring substituents is 1. The minimum Gasteiger partial charge on any atom is -0.360 e. The normalized spacial score (nSPS) is 10.5. The molecule has 0 atom stereocenters.